The number of hydrogen-bond acceptors (Lipinski definition) is 4. The summed E-state index contributed by atoms with van der Waals surface area (Å²) in [5, 5.41) is 4.48. The Bertz CT molecular complexity index is 896. The molecule has 0 bridgehead atoms. The van der Waals surface area contributed by atoms with Crippen molar-refractivity contribution in [2.75, 3.05) is 18.4 Å². The predicted molar refractivity (Wildman–Crippen MR) is 93.5 cm³/mol. The SMILES string of the molecule is C=CC(=O)N1CC(Nc2cnc3[nH]cc(-c4cccnc4)c3c2)C1. The number of likely N-dealkylation sites (tertiary alicyclic amines) is 1. The van der Waals surface area contributed by atoms with E-state index in [1.807, 2.05) is 30.7 Å². The van der Waals surface area contributed by atoms with Crippen LogP contribution in [0, 0.1) is 0 Å². The van der Waals surface area contributed by atoms with Crippen molar-refractivity contribution in [3.8, 4) is 11.1 Å². The van der Waals surface area contributed by atoms with Gasteiger partial charge in [-0.25, -0.2) is 4.98 Å². The topological polar surface area (TPSA) is 73.9 Å². The van der Waals surface area contributed by atoms with Crippen molar-refractivity contribution >= 4 is 22.6 Å². The molecule has 0 spiro atoms. The fourth-order valence-corrected chi connectivity index (χ4v) is 2.96. The minimum atomic E-state index is -0.0221. The fraction of sp³-hybridized carbons (Fsp3) is 0.167. The number of H-pyrrole nitrogens is 1. The van der Waals surface area contributed by atoms with Crippen LogP contribution in [-0.4, -0.2) is 44.9 Å². The van der Waals surface area contributed by atoms with Gasteiger partial charge in [-0.05, 0) is 18.2 Å². The highest BCUT2D eigenvalue weighted by Gasteiger charge is 2.29. The summed E-state index contributed by atoms with van der Waals surface area (Å²) in [5.41, 5.74) is 3.92. The highest BCUT2D eigenvalue weighted by molar-refractivity contribution is 5.95. The molecule has 6 heteroatoms. The highest BCUT2D eigenvalue weighted by Crippen LogP contribution is 2.29. The lowest BCUT2D eigenvalue weighted by Crippen LogP contribution is -2.56. The number of rotatable bonds is 4. The van der Waals surface area contributed by atoms with E-state index in [1.165, 1.54) is 6.08 Å². The van der Waals surface area contributed by atoms with Crippen LogP contribution in [0.15, 0.2) is 55.6 Å². The molecule has 1 amide bonds. The minimum Gasteiger partial charge on any atom is -0.377 e. The van der Waals surface area contributed by atoms with Crippen LogP contribution in [0.1, 0.15) is 0 Å². The smallest absolute Gasteiger partial charge is 0.246 e. The van der Waals surface area contributed by atoms with E-state index in [-0.39, 0.29) is 11.9 Å². The average Bonchev–Trinajstić information content (AvgIpc) is 3.01. The monoisotopic (exact) mass is 319 g/mol. The molecule has 0 aromatic carbocycles. The van der Waals surface area contributed by atoms with Crippen molar-refractivity contribution in [1.82, 2.24) is 19.9 Å². The van der Waals surface area contributed by atoms with Crippen molar-refractivity contribution in [3.05, 3.63) is 55.6 Å². The Morgan fingerprint density at radius 1 is 1.42 bits per heavy atom. The van der Waals surface area contributed by atoms with E-state index >= 15 is 0 Å². The Hall–Kier alpha value is -3.15. The van der Waals surface area contributed by atoms with Crippen LogP contribution in [0.2, 0.25) is 0 Å². The second-order valence-electron chi connectivity index (χ2n) is 5.85. The highest BCUT2D eigenvalue weighted by atomic mass is 16.2. The second kappa shape index (κ2) is 5.81. The Kier molecular flexibility index (Phi) is 3.49. The van der Waals surface area contributed by atoms with E-state index in [4.69, 9.17) is 0 Å². The molecule has 1 saturated heterocycles. The van der Waals surface area contributed by atoms with E-state index in [2.05, 4.69) is 32.9 Å². The molecule has 0 saturated carbocycles. The molecule has 3 aromatic heterocycles. The first kappa shape index (κ1) is 14.4. The summed E-state index contributed by atoms with van der Waals surface area (Å²) >= 11 is 0. The number of aromatic amines is 1. The standard InChI is InChI=1S/C18H17N5O/c1-2-17(24)23-10-14(11-23)22-13-6-15-16(9-21-18(15)20-8-13)12-4-3-5-19-7-12/h2-9,14,22H,1,10-11H2,(H,20,21). The minimum absolute atomic E-state index is 0.0221. The number of anilines is 1. The summed E-state index contributed by atoms with van der Waals surface area (Å²) in [4.78, 5) is 25.1. The van der Waals surface area contributed by atoms with Gasteiger partial charge in [-0.3, -0.25) is 9.78 Å². The Labute approximate surface area is 139 Å². The summed E-state index contributed by atoms with van der Waals surface area (Å²) in [5.74, 6) is -0.0221. The van der Waals surface area contributed by atoms with Gasteiger partial charge in [-0.1, -0.05) is 12.6 Å². The number of hydrogen-bond donors (Lipinski definition) is 2. The number of carbonyl (C=O) groups excluding carboxylic acids is 1. The lowest BCUT2D eigenvalue weighted by molar-refractivity contribution is -0.129. The Morgan fingerprint density at radius 3 is 3.04 bits per heavy atom. The maximum atomic E-state index is 11.5. The molecule has 6 nitrogen and oxygen atoms in total. The van der Waals surface area contributed by atoms with Gasteiger partial charge in [0.15, 0.2) is 0 Å². The molecule has 0 atom stereocenters. The zero-order chi connectivity index (χ0) is 16.5. The molecule has 4 rings (SSSR count). The van der Waals surface area contributed by atoms with Crippen molar-refractivity contribution in [3.63, 3.8) is 0 Å². The predicted octanol–water partition coefficient (Wildman–Crippen LogP) is 2.43. The molecular weight excluding hydrogens is 302 g/mol. The molecule has 1 aliphatic heterocycles. The molecule has 3 aromatic rings. The molecule has 0 aliphatic carbocycles. The Balaban J connectivity index is 1.55. The number of pyridine rings is 2. The molecule has 0 unspecified atom stereocenters. The summed E-state index contributed by atoms with van der Waals surface area (Å²) in [6.45, 7) is 4.88. The van der Waals surface area contributed by atoms with Gasteiger partial charge in [-0.2, -0.15) is 0 Å². The number of carbonyl (C=O) groups is 1. The number of fused-ring (bicyclic) bond motifs is 1. The van der Waals surface area contributed by atoms with E-state index in [0.717, 1.165) is 27.8 Å². The van der Waals surface area contributed by atoms with Crippen LogP contribution in [0.25, 0.3) is 22.2 Å². The van der Waals surface area contributed by atoms with Gasteiger partial charge >= 0.3 is 0 Å². The van der Waals surface area contributed by atoms with Crippen molar-refractivity contribution in [1.29, 1.82) is 0 Å². The van der Waals surface area contributed by atoms with E-state index < -0.39 is 0 Å². The number of nitrogens with zero attached hydrogens (tertiary/aromatic N) is 3. The average molecular weight is 319 g/mol. The van der Waals surface area contributed by atoms with Gasteiger partial charge in [0.1, 0.15) is 5.65 Å². The van der Waals surface area contributed by atoms with Gasteiger partial charge in [-0.15, -0.1) is 0 Å². The lowest BCUT2D eigenvalue weighted by Gasteiger charge is -2.39. The maximum absolute atomic E-state index is 11.5. The van der Waals surface area contributed by atoms with Gasteiger partial charge in [0.2, 0.25) is 5.91 Å². The fourth-order valence-electron chi connectivity index (χ4n) is 2.96. The third kappa shape index (κ3) is 2.52. The number of nitrogens with one attached hydrogen (secondary N) is 2. The van der Waals surface area contributed by atoms with Gasteiger partial charge < -0.3 is 15.2 Å². The van der Waals surface area contributed by atoms with Crippen LogP contribution in [-0.2, 0) is 4.79 Å². The maximum Gasteiger partial charge on any atom is 0.246 e. The summed E-state index contributed by atoms with van der Waals surface area (Å²) < 4.78 is 0. The molecular formula is C18H17N5O. The first-order valence-corrected chi connectivity index (χ1v) is 7.80. The van der Waals surface area contributed by atoms with Crippen LogP contribution in [0.4, 0.5) is 5.69 Å². The third-order valence-corrected chi connectivity index (χ3v) is 4.24. The van der Waals surface area contributed by atoms with Gasteiger partial charge in [0.25, 0.3) is 0 Å². The summed E-state index contributed by atoms with van der Waals surface area (Å²) in [6, 6.07) is 6.27. The first-order valence-electron chi connectivity index (χ1n) is 7.80. The molecule has 24 heavy (non-hydrogen) atoms. The molecule has 2 N–H and O–H groups in total. The number of amides is 1. The van der Waals surface area contributed by atoms with Crippen LogP contribution in [0.5, 0.6) is 0 Å². The zero-order valence-electron chi connectivity index (χ0n) is 13.1. The van der Waals surface area contributed by atoms with E-state index in [9.17, 15) is 4.79 Å². The van der Waals surface area contributed by atoms with Crippen LogP contribution >= 0.6 is 0 Å². The zero-order valence-corrected chi connectivity index (χ0v) is 13.1. The lowest BCUT2D eigenvalue weighted by atomic mass is 10.1. The molecule has 1 aliphatic rings. The second-order valence-corrected chi connectivity index (χ2v) is 5.85. The Morgan fingerprint density at radius 2 is 2.29 bits per heavy atom. The number of aromatic nitrogens is 3. The molecule has 0 radical (unpaired) electrons. The first-order chi connectivity index (χ1) is 11.7. The summed E-state index contributed by atoms with van der Waals surface area (Å²) in [7, 11) is 0. The van der Waals surface area contributed by atoms with E-state index in [0.29, 0.717) is 13.1 Å². The van der Waals surface area contributed by atoms with Crippen LogP contribution in [0.3, 0.4) is 0 Å². The van der Waals surface area contributed by atoms with Gasteiger partial charge in [0.05, 0.1) is 17.9 Å². The summed E-state index contributed by atoms with van der Waals surface area (Å²) in [6.07, 6.45) is 8.71. The van der Waals surface area contributed by atoms with Crippen LogP contribution < -0.4 is 5.32 Å². The van der Waals surface area contributed by atoms with Gasteiger partial charge in [0, 0.05) is 48.2 Å². The third-order valence-electron chi connectivity index (χ3n) is 4.24. The van der Waals surface area contributed by atoms with E-state index in [1.54, 1.807) is 11.1 Å². The largest absolute Gasteiger partial charge is 0.377 e. The van der Waals surface area contributed by atoms with Crippen molar-refractivity contribution in [2.24, 2.45) is 0 Å². The molecule has 4 heterocycles. The quantitative estimate of drug-likeness (QED) is 0.724. The van der Waals surface area contributed by atoms with Crippen molar-refractivity contribution in [2.45, 2.75) is 6.04 Å². The van der Waals surface area contributed by atoms with Crippen molar-refractivity contribution < 1.29 is 4.79 Å². The molecule has 120 valence electrons. The molecule has 1 fully saturated rings. The normalized spacial score (nSPS) is 14.4.